The number of aromatic nitrogens is 2. The number of nitrogens with zero attached hydrogens (tertiary/aromatic N) is 2. The van der Waals surface area contributed by atoms with Crippen molar-refractivity contribution in [2.75, 3.05) is 18.5 Å². The Labute approximate surface area is 128 Å². The van der Waals surface area contributed by atoms with Gasteiger partial charge in [-0.05, 0) is 38.5 Å². The molecular weight excluding hydrogens is 293 g/mol. The molecule has 114 valence electrons. The van der Waals surface area contributed by atoms with Gasteiger partial charge in [0.2, 0.25) is 5.95 Å². The number of benzene rings is 1. The highest BCUT2D eigenvalue weighted by Crippen LogP contribution is 2.26. The first-order valence-corrected chi connectivity index (χ1v) is 7.31. The largest absolute Gasteiger partial charge is 0.382 e. The minimum Gasteiger partial charge on any atom is -0.382 e. The topological polar surface area (TPSA) is 39.1 Å². The van der Waals surface area contributed by atoms with Gasteiger partial charge in [0.25, 0.3) is 0 Å². The third kappa shape index (κ3) is 4.44. The Bertz CT molecular complexity index is 601. The fourth-order valence-corrected chi connectivity index (χ4v) is 2.18. The van der Waals surface area contributed by atoms with Crippen LogP contribution in [0.5, 0.6) is 0 Å². The van der Waals surface area contributed by atoms with E-state index < -0.39 is 0 Å². The van der Waals surface area contributed by atoms with E-state index in [2.05, 4.69) is 10.3 Å². The van der Waals surface area contributed by atoms with E-state index in [1.165, 1.54) is 18.2 Å². The van der Waals surface area contributed by atoms with Gasteiger partial charge in [-0.3, -0.25) is 0 Å². The number of imidazole rings is 1. The molecule has 0 saturated heterocycles. The first kappa shape index (κ1) is 15.8. The Hall–Kier alpha value is -1.59. The Morgan fingerprint density at radius 3 is 3.00 bits per heavy atom. The highest BCUT2D eigenvalue weighted by atomic mass is 35.5. The maximum atomic E-state index is 13.3. The SMILES string of the molecule is CCOCCCn1cc(C)nc1Nc1cc(F)ccc1Cl. The van der Waals surface area contributed by atoms with Gasteiger partial charge in [0.15, 0.2) is 0 Å². The predicted octanol–water partition coefficient (Wildman–Crippen LogP) is 4.15. The highest BCUT2D eigenvalue weighted by Gasteiger charge is 2.09. The number of halogens is 2. The summed E-state index contributed by atoms with van der Waals surface area (Å²) in [6, 6.07) is 4.21. The Kier molecular flexibility index (Phi) is 5.59. The molecule has 0 amide bonds. The van der Waals surface area contributed by atoms with E-state index in [1.54, 1.807) is 0 Å². The molecule has 0 aliphatic rings. The third-order valence-corrected chi connectivity index (χ3v) is 3.29. The fourth-order valence-electron chi connectivity index (χ4n) is 2.01. The van der Waals surface area contributed by atoms with Crippen LogP contribution in [-0.2, 0) is 11.3 Å². The number of rotatable bonds is 7. The lowest BCUT2D eigenvalue weighted by atomic mass is 10.3. The van der Waals surface area contributed by atoms with E-state index >= 15 is 0 Å². The average Bonchev–Trinajstić information content (AvgIpc) is 2.79. The van der Waals surface area contributed by atoms with Gasteiger partial charge >= 0.3 is 0 Å². The second-order valence-electron chi connectivity index (χ2n) is 4.70. The van der Waals surface area contributed by atoms with Crippen LogP contribution in [0, 0.1) is 12.7 Å². The minimum atomic E-state index is -0.340. The molecule has 2 aromatic rings. The normalized spacial score (nSPS) is 10.9. The van der Waals surface area contributed by atoms with Gasteiger partial charge in [0.1, 0.15) is 5.82 Å². The van der Waals surface area contributed by atoms with Gasteiger partial charge < -0.3 is 14.6 Å². The van der Waals surface area contributed by atoms with Crippen LogP contribution in [0.2, 0.25) is 5.02 Å². The number of anilines is 2. The zero-order valence-corrected chi connectivity index (χ0v) is 13.0. The lowest BCUT2D eigenvalue weighted by molar-refractivity contribution is 0.142. The number of hydrogen-bond donors (Lipinski definition) is 1. The molecule has 0 spiro atoms. The first-order chi connectivity index (χ1) is 10.1. The summed E-state index contributed by atoms with van der Waals surface area (Å²) in [6.45, 7) is 6.08. The molecule has 0 saturated carbocycles. The molecule has 4 nitrogen and oxygen atoms in total. The van der Waals surface area contributed by atoms with Gasteiger partial charge in [-0.25, -0.2) is 9.37 Å². The van der Waals surface area contributed by atoms with Crippen LogP contribution in [0.25, 0.3) is 0 Å². The molecule has 0 bridgehead atoms. The molecule has 0 aliphatic carbocycles. The van der Waals surface area contributed by atoms with E-state index in [0.717, 1.165) is 18.7 Å². The quantitative estimate of drug-likeness (QED) is 0.781. The van der Waals surface area contributed by atoms with Crippen molar-refractivity contribution in [1.29, 1.82) is 0 Å². The van der Waals surface area contributed by atoms with Crippen molar-refractivity contribution in [2.45, 2.75) is 26.8 Å². The molecule has 21 heavy (non-hydrogen) atoms. The Morgan fingerprint density at radius 2 is 2.24 bits per heavy atom. The smallest absolute Gasteiger partial charge is 0.207 e. The number of aryl methyl sites for hydroxylation is 2. The molecular formula is C15H19ClFN3O. The molecule has 1 aromatic carbocycles. The maximum Gasteiger partial charge on any atom is 0.207 e. The molecule has 6 heteroatoms. The lowest BCUT2D eigenvalue weighted by Crippen LogP contribution is -2.06. The summed E-state index contributed by atoms with van der Waals surface area (Å²) in [5.74, 6) is 0.310. The molecule has 1 heterocycles. The molecule has 1 N–H and O–H groups in total. The zero-order chi connectivity index (χ0) is 15.2. The van der Waals surface area contributed by atoms with Gasteiger partial charge in [0.05, 0.1) is 16.4 Å². The van der Waals surface area contributed by atoms with Crippen molar-refractivity contribution in [2.24, 2.45) is 0 Å². The van der Waals surface area contributed by atoms with E-state index in [9.17, 15) is 4.39 Å². The Morgan fingerprint density at radius 1 is 1.43 bits per heavy atom. The molecule has 1 aromatic heterocycles. The maximum absolute atomic E-state index is 13.3. The Balaban J connectivity index is 2.10. The number of ether oxygens (including phenoxy) is 1. The van der Waals surface area contributed by atoms with Crippen molar-refractivity contribution in [1.82, 2.24) is 9.55 Å². The molecule has 0 atom stereocenters. The standard InChI is InChI=1S/C15H19ClFN3O/c1-3-21-8-4-7-20-10-11(2)18-15(20)19-14-9-12(17)5-6-13(14)16/h5-6,9-10H,3-4,7-8H2,1-2H3,(H,18,19). The van der Waals surface area contributed by atoms with Crippen LogP contribution in [0.15, 0.2) is 24.4 Å². The van der Waals surface area contributed by atoms with Gasteiger partial charge in [-0.2, -0.15) is 0 Å². The highest BCUT2D eigenvalue weighted by molar-refractivity contribution is 6.33. The molecule has 0 unspecified atom stereocenters. The van der Waals surface area contributed by atoms with Crippen molar-refractivity contribution in [3.05, 3.63) is 40.9 Å². The van der Waals surface area contributed by atoms with Crippen LogP contribution in [0.1, 0.15) is 19.0 Å². The average molecular weight is 312 g/mol. The summed E-state index contributed by atoms with van der Waals surface area (Å²) in [4.78, 5) is 4.41. The van der Waals surface area contributed by atoms with Crippen molar-refractivity contribution < 1.29 is 9.13 Å². The number of hydrogen-bond acceptors (Lipinski definition) is 3. The molecule has 0 fully saturated rings. The van der Waals surface area contributed by atoms with Crippen LogP contribution < -0.4 is 5.32 Å². The van der Waals surface area contributed by atoms with Crippen LogP contribution in [0.3, 0.4) is 0 Å². The molecule has 2 rings (SSSR count). The summed E-state index contributed by atoms with van der Waals surface area (Å²) in [6.07, 6.45) is 2.83. The summed E-state index contributed by atoms with van der Waals surface area (Å²) in [5.41, 5.74) is 1.40. The van der Waals surface area contributed by atoms with Crippen molar-refractivity contribution in [3.63, 3.8) is 0 Å². The third-order valence-electron chi connectivity index (χ3n) is 2.96. The molecule has 0 radical (unpaired) electrons. The van der Waals surface area contributed by atoms with Crippen molar-refractivity contribution >= 4 is 23.2 Å². The first-order valence-electron chi connectivity index (χ1n) is 6.93. The predicted molar refractivity (Wildman–Crippen MR) is 82.8 cm³/mol. The second-order valence-corrected chi connectivity index (χ2v) is 5.11. The van der Waals surface area contributed by atoms with Crippen molar-refractivity contribution in [3.8, 4) is 0 Å². The summed E-state index contributed by atoms with van der Waals surface area (Å²) in [5, 5.41) is 3.54. The van der Waals surface area contributed by atoms with E-state index in [0.29, 0.717) is 29.9 Å². The summed E-state index contributed by atoms with van der Waals surface area (Å²) in [7, 11) is 0. The number of nitrogens with one attached hydrogen (secondary N) is 1. The van der Waals surface area contributed by atoms with Gasteiger partial charge in [-0.1, -0.05) is 11.6 Å². The molecule has 0 aliphatic heterocycles. The van der Waals surface area contributed by atoms with Crippen LogP contribution >= 0.6 is 11.6 Å². The monoisotopic (exact) mass is 311 g/mol. The van der Waals surface area contributed by atoms with E-state index in [1.807, 2.05) is 24.6 Å². The lowest BCUT2D eigenvalue weighted by Gasteiger charge is -2.11. The fraction of sp³-hybridized carbons (Fsp3) is 0.400. The summed E-state index contributed by atoms with van der Waals surface area (Å²) >= 11 is 6.06. The van der Waals surface area contributed by atoms with Crippen LogP contribution in [-0.4, -0.2) is 22.8 Å². The minimum absolute atomic E-state index is 0.340. The van der Waals surface area contributed by atoms with Gasteiger partial charge in [-0.15, -0.1) is 0 Å². The van der Waals surface area contributed by atoms with Gasteiger partial charge in [0, 0.05) is 26.0 Å². The van der Waals surface area contributed by atoms with E-state index in [4.69, 9.17) is 16.3 Å². The van der Waals surface area contributed by atoms with E-state index in [-0.39, 0.29) is 5.82 Å². The second kappa shape index (κ2) is 7.43. The van der Waals surface area contributed by atoms with Crippen LogP contribution in [0.4, 0.5) is 16.0 Å². The summed E-state index contributed by atoms with van der Waals surface area (Å²) < 4.78 is 20.6. The zero-order valence-electron chi connectivity index (χ0n) is 12.2.